The third-order valence-corrected chi connectivity index (χ3v) is 4.77. The maximum Gasteiger partial charge on any atom is 0.278 e. The second-order valence-corrected chi connectivity index (χ2v) is 6.22. The molecule has 116 valence electrons. The van der Waals surface area contributed by atoms with Crippen molar-refractivity contribution in [3.05, 3.63) is 77.4 Å². The average Bonchev–Trinajstić information content (AvgIpc) is 2.84. The first kappa shape index (κ1) is 15.5. The van der Waals surface area contributed by atoms with Crippen LogP contribution in [0.15, 0.2) is 64.4 Å². The molecule has 0 saturated carbocycles. The van der Waals surface area contributed by atoms with E-state index in [-0.39, 0.29) is 11.7 Å². The van der Waals surface area contributed by atoms with Gasteiger partial charge in [0.25, 0.3) is 5.91 Å². The summed E-state index contributed by atoms with van der Waals surface area (Å²) < 4.78 is 14.4. The quantitative estimate of drug-likeness (QED) is 0.712. The summed E-state index contributed by atoms with van der Waals surface area (Å²) in [7, 11) is 0. The maximum absolute atomic E-state index is 13.0. The lowest BCUT2D eigenvalue weighted by atomic mass is 10.2. The number of nitrogens with zero attached hydrogens (tertiary/aromatic N) is 2. The predicted octanol–water partition coefficient (Wildman–Crippen LogP) is 4.48. The van der Waals surface area contributed by atoms with Gasteiger partial charge in [-0.05, 0) is 50.2 Å². The first-order valence-electron chi connectivity index (χ1n) is 7.15. The zero-order valence-corrected chi connectivity index (χ0v) is 13.6. The predicted molar refractivity (Wildman–Crippen MR) is 88.4 cm³/mol. The van der Waals surface area contributed by atoms with E-state index in [1.807, 2.05) is 44.2 Å². The molecule has 23 heavy (non-hydrogen) atoms. The minimum atomic E-state index is -0.366. The third-order valence-electron chi connectivity index (χ3n) is 3.47. The fraction of sp³-hybridized carbons (Fsp3) is 0.111. The van der Waals surface area contributed by atoms with Crippen molar-refractivity contribution in [1.29, 1.82) is 0 Å². The zero-order chi connectivity index (χ0) is 16.4. The lowest BCUT2D eigenvalue weighted by Gasteiger charge is -2.04. The minimum Gasteiger partial charge on any atom is -0.267 e. The summed E-state index contributed by atoms with van der Waals surface area (Å²) in [4.78, 5) is 14.6. The van der Waals surface area contributed by atoms with Gasteiger partial charge in [-0.1, -0.05) is 30.0 Å². The van der Waals surface area contributed by atoms with Crippen LogP contribution in [-0.2, 0) is 0 Å². The molecule has 3 nitrogen and oxygen atoms in total. The molecule has 0 atom stereocenters. The van der Waals surface area contributed by atoms with E-state index in [2.05, 4.69) is 5.10 Å². The highest BCUT2D eigenvalue weighted by Gasteiger charge is 2.18. The molecule has 1 aromatic heterocycles. The van der Waals surface area contributed by atoms with E-state index in [0.29, 0.717) is 5.56 Å². The van der Waals surface area contributed by atoms with Crippen LogP contribution < -0.4 is 0 Å². The molecular formula is C18H15FN2OS. The number of rotatable bonds is 3. The highest BCUT2D eigenvalue weighted by atomic mass is 32.2. The average molecular weight is 326 g/mol. The molecule has 0 fully saturated rings. The summed E-state index contributed by atoms with van der Waals surface area (Å²) in [6.45, 7) is 3.75. The highest BCUT2D eigenvalue weighted by molar-refractivity contribution is 7.99. The molecule has 3 aromatic rings. The summed E-state index contributed by atoms with van der Waals surface area (Å²) in [6, 6.07) is 15.4. The van der Waals surface area contributed by atoms with Crippen LogP contribution in [0.1, 0.15) is 21.7 Å². The van der Waals surface area contributed by atoms with Gasteiger partial charge in [0.2, 0.25) is 0 Å². The number of aromatic nitrogens is 2. The van der Waals surface area contributed by atoms with E-state index in [1.165, 1.54) is 28.9 Å². The molecule has 0 spiro atoms. The van der Waals surface area contributed by atoms with Crippen LogP contribution in [-0.4, -0.2) is 15.7 Å². The molecule has 0 unspecified atom stereocenters. The van der Waals surface area contributed by atoms with Crippen molar-refractivity contribution in [2.75, 3.05) is 0 Å². The molecule has 0 radical (unpaired) electrons. The molecule has 0 saturated heterocycles. The van der Waals surface area contributed by atoms with Crippen LogP contribution in [0.3, 0.4) is 0 Å². The molecule has 2 aromatic carbocycles. The standard InChI is InChI=1S/C18H15FN2OS/c1-12-17(23-16-6-4-3-5-7-16)13(2)21(20-12)18(22)14-8-10-15(19)11-9-14/h3-11H,1-2H3. The number of aryl methyl sites for hydroxylation is 1. The molecule has 0 aliphatic rings. The van der Waals surface area contributed by atoms with E-state index in [0.717, 1.165) is 21.2 Å². The minimum absolute atomic E-state index is 0.259. The van der Waals surface area contributed by atoms with Gasteiger partial charge in [0.1, 0.15) is 5.82 Å². The van der Waals surface area contributed by atoms with E-state index < -0.39 is 0 Å². The van der Waals surface area contributed by atoms with E-state index in [4.69, 9.17) is 0 Å². The number of hydrogen-bond donors (Lipinski definition) is 0. The summed E-state index contributed by atoms with van der Waals surface area (Å²) >= 11 is 1.58. The van der Waals surface area contributed by atoms with Crippen molar-refractivity contribution >= 4 is 17.7 Å². The number of benzene rings is 2. The van der Waals surface area contributed by atoms with Gasteiger partial charge in [-0.15, -0.1) is 0 Å². The van der Waals surface area contributed by atoms with Crippen LogP contribution in [0.2, 0.25) is 0 Å². The highest BCUT2D eigenvalue weighted by Crippen LogP contribution is 2.32. The molecule has 0 bridgehead atoms. The Morgan fingerprint density at radius 1 is 1.04 bits per heavy atom. The molecule has 3 rings (SSSR count). The van der Waals surface area contributed by atoms with E-state index in [1.54, 1.807) is 11.8 Å². The lowest BCUT2D eigenvalue weighted by molar-refractivity contribution is 0.0942. The Labute approximate surface area is 138 Å². The monoisotopic (exact) mass is 326 g/mol. The Kier molecular flexibility index (Phi) is 4.30. The fourth-order valence-electron chi connectivity index (χ4n) is 2.29. The van der Waals surface area contributed by atoms with Crippen molar-refractivity contribution in [3.8, 4) is 0 Å². The van der Waals surface area contributed by atoms with Crippen molar-refractivity contribution in [1.82, 2.24) is 9.78 Å². The van der Waals surface area contributed by atoms with E-state index >= 15 is 0 Å². The second kappa shape index (κ2) is 6.38. The molecule has 0 amide bonds. The summed E-state index contributed by atoms with van der Waals surface area (Å²) in [5.41, 5.74) is 1.99. The smallest absolute Gasteiger partial charge is 0.267 e. The van der Waals surface area contributed by atoms with Gasteiger partial charge < -0.3 is 0 Å². The van der Waals surface area contributed by atoms with Gasteiger partial charge in [-0.25, -0.2) is 4.39 Å². The van der Waals surface area contributed by atoms with Gasteiger partial charge in [0.15, 0.2) is 0 Å². The largest absolute Gasteiger partial charge is 0.278 e. The summed E-state index contributed by atoms with van der Waals surface area (Å²) in [6.07, 6.45) is 0. The van der Waals surface area contributed by atoms with Crippen LogP contribution in [0.5, 0.6) is 0 Å². The van der Waals surface area contributed by atoms with Crippen LogP contribution >= 0.6 is 11.8 Å². The Hall–Kier alpha value is -2.40. The van der Waals surface area contributed by atoms with Crippen LogP contribution in [0, 0.1) is 19.7 Å². The molecule has 1 heterocycles. The number of halogens is 1. The van der Waals surface area contributed by atoms with Crippen LogP contribution in [0.4, 0.5) is 4.39 Å². The molecule has 0 aliphatic carbocycles. The SMILES string of the molecule is Cc1nn(C(=O)c2ccc(F)cc2)c(C)c1Sc1ccccc1. The normalized spacial score (nSPS) is 10.7. The third kappa shape index (κ3) is 3.19. The van der Waals surface area contributed by atoms with Crippen molar-refractivity contribution in [3.63, 3.8) is 0 Å². The Morgan fingerprint density at radius 2 is 1.70 bits per heavy atom. The second-order valence-electron chi connectivity index (χ2n) is 5.14. The van der Waals surface area contributed by atoms with Crippen molar-refractivity contribution < 1.29 is 9.18 Å². The Bertz CT molecular complexity index is 841. The van der Waals surface area contributed by atoms with Gasteiger partial charge >= 0.3 is 0 Å². The van der Waals surface area contributed by atoms with Gasteiger partial charge in [0, 0.05) is 10.5 Å². The number of hydrogen-bond acceptors (Lipinski definition) is 3. The summed E-state index contributed by atoms with van der Waals surface area (Å²) in [5, 5.41) is 4.36. The maximum atomic E-state index is 13.0. The van der Waals surface area contributed by atoms with Crippen molar-refractivity contribution in [2.45, 2.75) is 23.6 Å². The van der Waals surface area contributed by atoms with Crippen LogP contribution in [0.25, 0.3) is 0 Å². The van der Waals surface area contributed by atoms with Gasteiger partial charge in [-0.2, -0.15) is 9.78 Å². The molecular weight excluding hydrogens is 311 g/mol. The Balaban J connectivity index is 1.94. The summed E-state index contributed by atoms with van der Waals surface area (Å²) in [5.74, 6) is -0.624. The molecule has 0 aliphatic heterocycles. The number of carbonyl (C=O) groups excluding carboxylic acids is 1. The van der Waals surface area contributed by atoms with Crippen molar-refractivity contribution in [2.24, 2.45) is 0 Å². The Morgan fingerprint density at radius 3 is 2.35 bits per heavy atom. The first-order chi connectivity index (χ1) is 11.1. The fourth-order valence-corrected chi connectivity index (χ4v) is 3.25. The topological polar surface area (TPSA) is 34.9 Å². The lowest BCUT2D eigenvalue weighted by Crippen LogP contribution is -2.15. The van der Waals surface area contributed by atoms with Gasteiger partial charge in [-0.3, -0.25) is 4.79 Å². The van der Waals surface area contributed by atoms with Gasteiger partial charge in [0.05, 0.1) is 16.3 Å². The molecule has 5 heteroatoms. The van der Waals surface area contributed by atoms with E-state index in [9.17, 15) is 9.18 Å². The first-order valence-corrected chi connectivity index (χ1v) is 7.97. The number of carbonyl (C=O) groups is 1. The zero-order valence-electron chi connectivity index (χ0n) is 12.8. The molecule has 0 N–H and O–H groups in total.